The molecule has 0 saturated heterocycles. The van der Waals surface area contributed by atoms with Crippen molar-refractivity contribution >= 4 is 17.5 Å². The first-order chi connectivity index (χ1) is 6.35. The molecule has 1 amide bonds. The summed E-state index contributed by atoms with van der Waals surface area (Å²) in [6.45, 7) is 3.02. The average Bonchev–Trinajstić information content (AvgIpc) is 2.02. The van der Waals surface area contributed by atoms with Crippen molar-refractivity contribution in [3.05, 3.63) is 28.8 Å². The number of hydrogen-bond donors (Lipinski definition) is 1. The molecule has 1 rings (SSSR count). The number of amides is 1. The minimum atomic E-state index is -1.13. The highest BCUT2D eigenvalue weighted by molar-refractivity contribution is 6.30. The van der Waals surface area contributed by atoms with Crippen LogP contribution in [0.1, 0.15) is 19.5 Å². The zero-order valence-corrected chi connectivity index (χ0v) is 8.60. The second-order valence-electron chi connectivity index (χ2n) is 3.47. The highest BCUT2D eigenvalue weighted by atomic mass is 35.5. The van der Waals surface area contributed by atoms with Gasteiger partial charge in [-0.2, -0.15) is 0 Å². The zero-order chi connectivity index (χ0) is 10.9. The van der Waals surface area contributed by atoms with Gasteiger partial charge in [0.05, 0.1) is 16.1 Å². The molecule has 14 heavy (non-hydrogen) atoms. The Labute approximate surface area is 86.1 Å². The number of rotatable bonds is 2. The first-order valence-corrected chi connectivity index (χ1v) is 4.35. The third-order valence-electron chi connectivity index (χ3n) is 2.02. The molecule has 0 aliphatic heterocycles. The van der Waals surface area contributed by atoms with Crippen LogP contribution in [-0.2, 0) is 10.2 Å². The monoisotopic (exact) mass is 216 g/mol. The lowest BCUT2D eigenvalue weighted by atomic mass is 9.88. The molecule has 0 aliphatic carbocycles. The molecule has 0 radical (unpaired) electrons. The predicted octanol–water partition coefficient (Wildman–Crippen LogP) is 1.64. The van der Waals surface area contributed by atoms with Crippen LogP contribution < -0.4 is 5.73 Å². The molecule has 5 heteroatoms. The van der Waals surface area contributed by atoms with Crippen LogP contribution in [0.3, 0.4) is 0 Å². The Morgan fingerprint density at radius 1 is 1.64 bits per heavy atom. The quantitative estimate of drug-likeness (QED) is 0.817. The zero-order valence-electron chi connectivity index (χ0n) is 7.84. The maximum absolute atomic E-state index is 13.4. The van der Waals surface area contributed by atoms with Crippen molar-refractivity contribution in [1.29, 1.82) is 0 Å². The Bertz CT molecular complexity index is 379. The summed E-state index contributed by atoms with van der Waals surface area (Å²) >= 11 is 5.53. The van der Waals surface area contributed by atoms with Gasteiger partial charge in [0, 0.05) is 6.20 Å². The summed E-state index contributed by atoms with van der Waals surface area (Å²) < 4.78 is 13.4. The molecule has 0 atom stereocenters. The van der Waals surface area contributed by atoms with Crippen LogP contribution in [0.2, 0.25) is 5.02 Å². The van der Waals surface area contributed by atoms with Crippen molar-refractivity contribution in [3.8, 4) is 0 Å². The molecule has 0 unspecified atom stereocenters. The molecule has 0 aliphatic rings. The summed E-state index contributed by atoms with van der Waals surface area (Å²) in [5.41, 5.74) is 4.01. The molecule has 0 fully saturated rings. The number of aromatic nitrogens is 1. The van der Waals surface area contributed by atoms with E-state index in [-0.39, 0.29) is 10.7 Å². The van der Waals surface area contributed by atoms with Crippen LogP contribution in [0, 0.1) is 5.82 Å². The summed E-state index contributed by atoms with van der Waals surface area (Å²) in [7, 11) is 0. The SMILES string of the molecule is CC(C)(C(N)=O)c1ncc(Cl)cc1F. The van der Waals surface area contributed by atoms with E-state index in [0.717, 1.165) is 6.07 Å². The molecule has 0 saturated carbocycles. The Kier molecular flexibility index (Phi) is 2.76. The Balaban J connectivity index is 3.26. The van der Waals surface area contributed by atoms with Crippen molar-refractivity contribution < 1.29 is 9.18 Å². The predicted molar refractivity (Wildman–Crippen MR) is 51.4 cm³/mol. The smallest absolute Gasteiger partial charge is 0.229 e. The second-order valence-corrected chi connectivity index (χ2v) is 3.91. The molecule has 0 spiro atoms. The van der Waals surface area contributed by atoms with E-state index >= 15 is 0 Å². The van der Waals surface area contributed by atoms with Crippen LogP contribution >= 0.6 is 11.6 Å². The molecule has 3 nitrogen and oxygen atoms in total. The number of carbonyl (C=O) groups excluding carboxylic acids is 1. The topological polar surface area (TPSA) is 56.0 Å². The van der Waals surface area contributed by atoms with E-state index in [1.807, 2.05) is 0 Å². The molecule has 1 aromatic rings. The number of primary amides is 1. The van der Waals surface area contributed by atoms with Gasteiger partial charge in [-0.25, -0.2) is 4.39 Å². The van der Waals surface area contributed by atoms with Crippen LogP contribution in [0.25, 0.3) is 0 Å². The number of nitrogens with two attached hydrogens (primary N) is 1. The summed E-state index contributed by atoms with van der Waals surface area (Å²) in [4.78, 5) is 14.8. The van der Waals surface area contributed by atoms with Crippen molar-refractivity contribution in [3.63, 3.8) is 0 Å². The number of halogens is 2. The van der Waals surface area contributed by atoms with Gasteiger partial charge in [-0.1, -0.05) is 11.6 Å². The van der Waals surface area contributed by atoms with Crippen LogP contribution in [0.4, 0.5) is 4.39 Å². The minimum absolute atomic E-state index is 0.00870. The van der Waals surface area contributed by atoms with Gasteiger partial charge < -0.3 is 5.73 Å². The van der Waals surface area contributed by atoms with E-state index in [1.165, 1.54) is 20.0 Å². The van der Waals surface area contributed by atoms with Crippen molar-refractivity contribution in [1.82, 2.24) is 4.98 Å². The van der Waals surface area contributed by atoms with Crippen molar-refractivity contribution in [2.24, 2.45) is 5.73 Å². The van der Waals surface area contributed by atoms with E-state index in [9.17, 15) is 9.18 Å². The number of carbonyl (C=O) groups is 1. The van der Waals surface area contributed by atoms with E-state index < -0.39 is 17.1 Å². The number of hydrogen-bond acceptors (Lipinski definition) is 2. The number of pyridine rings is 1. The Hall–Kier alpha value is -1.16. The fourth-order valence-electron chi connectivity index (χ4n) is 0.991. The first kappa shape index (κ1) is 10.9. The van der Waals surface area contributed by atoms with E-state index in [1.54, 1.807) is 0 Å². The molecule has 76 valence electrons. The first-order valence-electron chi connectivity index (χ1n) is 3.97. The standard InChI is InChI=1S/C9H10ClFN2O/c1-9(2,8(12)14)7-6(11)3-5(10)4-13-7/h3-4H,1-2H3,(H2,12,14). The van der Waals surface area contributed by atoms with Gasteiger partial charge in [0.25, 0.3) is 0 Å². The summed E-state index contributed by atoms with van der Waals surface area (Å²) in [5, 5.41) is 0.187. The average molecular weight is 217 g/mol. The highest BCUT2D eigenvalue weighted by Gasteiger charge is 2.31. The third-order valence-corrected chi connectivity index (χ3v) is 2.22. The van der Waals surface area contributed by atoms with Gasteiger partial charge in [-0.3, -0.25) is 9.78 Å². The maximum Gasteiger partial charge on any atom is 0.229 e. The Morgan fingerprint density at radius 2 is 2.21 bits per heavy atom. The molecule has 0 aromatic carbocycles. The largest absolute Gasteiger partial charge is 0.369 e. The summed E-state index contributed by atoms with van der Waals surface area (Å²) in [6, 6.07) is 1.11. The Morgan fingerprint density at radius 3 is 2.64 bits per heavy atom. The van der Waals surface area contributed by atoms with E-state index in [0.29, 0.717) is 0 Å². The van der Waals surface area contributed by atoms with Crippen LogP contribution in [-0.4, -0.2) is 10.9 Å². The lowest BCUT2D eigenvalue weighted by Gasteiger charge is -2.19. The van der Waals surface area contributed by atoms with Crippen LogP contribution in [0.15, 0.2) is 12.3 Å². The third kappa shape index (κ3) is 1.85. The number of nitrogens with zero attached hydrogens (tertiary/aromatic N) is 1. The molecule has 1 aromatic heterocycles. The molecule has 0 bridgehead atoms. The van der Waals surface area contributed by atoms with Crippen molar-refractivity contribution in [2.75, 3.05) is 0 Å². The maximum atomic E-state index is 13.4. The van der Waals surface area contributed by atoms with Crippen LogP contribution in [0.5, 0.6) is 0 Å². The lowest BCUT2D eigenvalue weighted by molar-refractivity contribution is -0.122. The van der Waals surface area contributed by atoms with Gasteiger partial charge in [-0.05, 0) is 19.9 Å². The summed E-state index contributed by atoms with van der Waals surface area (Å²) in [6.07, 6.45) is 1.28. The fraction of sp³-hybridized carbons (Fsp3) is 0.333. The second kappa shape index (κ2) is 3.53. The van der Waals surface area contributed by atoms with E-state index in [2.05, 4.69) is 4.98 Å². The summed E-state index contributed by atoms with van der Waals surface area (Å²) in [5.74, 6) is -1.26. The molecule has 1 heterocycles. The molecular weight excluding hydrogens is 207 g/mol. The van der Waals surface area contributed by atoms with E-state index in [4.69, 9.17) is 17.3 Å². The highest BCUT2D eigenvalue weighted by Crippen LogP contribution is 2.24. The normalized spacial score (nSPS) is 11.4. The van der Waals surface area contributed by atoms with Crippen molar-refractivity contribution in [2.45, 2.75) is 19.3 Å². The van der Waals surface area contributed by atoms with Gasteiger partial charge in [0.2, 0.25) is 5.91 Å². The van der Waals surface area contributed by atoms with Gasteiger partial charge in [0.1, 0.15) is 5.82 Å². The molecule has 2 N–H and O–H groups in total. The molecular formula is C9H10ClFN2O. The fourth-order valence-corrected chi connectivity index (χ4v) is 1.14. The van der Waals surface area contributed by atoms with Gasteiger partial charge in [0.15, 0.2) is 0 Å². The van der Waals surface area contributed by atoms with Gasteiger partial charge in [-0.15, -0.1) is 0 Å². The minimum Gasteiger partial charge on any atom is -0.369 e. The van der Waals surface area contributed by atoms with Gasteiger partial charge >= 0.3 is 0 Å². The lowest BCUT2D eigenvalue weighted by Crippen LogP contribution is -2.37.